The SMILES string of the molecule is CCOC(=O)C(C)NCc1ccc(-c2ccccc2)cc1. The van der Waals surface area contributed by atoms with Gasteiger partial charge < -0.3 is 10.1 Å². The average molecular weight is 283 g/mol. The van der Waals surface area contributed by atoms with Gasteiger partial charge in [-0.2, -0.15) is 0 Å². The molecule has 0 bridgehead atoms. The van der Waals surface area contributed by atoms with Gasteiger partial charge in [-0.3, -0.25) is 4.79 Å². The van der Waals surface area contributed by atoms with Crippen molar-refractivity contribution in [3.8, 4) is 11.1 Å². The fourth-order valence-electron chi connectivity index (χ4n) is 2.07. The average Bonchev–Trinajstić information content (AvgIpc) is 2.54. The number of rotatable bonds is 6. The molecule has 3 heteroatoms. The van der Waals surface area contributed by atoms with Crippen LogP contribution in [0.25, 0.3) is 11.1 Å². The highest BCUT2D eigenvalue weighted by atomic mass is 16.5. The number of ether oxygens (including phenoxy) is 1. The summed E-state index contributed by atoms with van der Waals surface area (Å²) in [6.07, 6.45) is 0. The van der Waals surface area contributed by atoms with Gasteiger partial charge in [0, 0.05) is 6.54 Å². The lowest BCUT2D eigenvalue weighted by atomic mass is 10.0. The minimum atomic E-state index is -0.293. The molecule has 0 aliphatic rings. The number of hydrogen-bond donors (Lipinski definition) is 1. The minimum absolute atomic E-state index is 0.210. The van der Waals surface area contributed by atoms with Crippen LogP contribution in [0.5, 0.6) is 0 Å². The molecule has 1 unspecified atom stereocenters. The molecule has 21 heavy (non-hydrogen) atoms. The highest BCUT2D eigenvalue weighted by Crippen LogP contribution is 2.19. The first kappa shape index (κ1) is 15.3. The zero-order chi connectivity index (χ0) is 15.1. The van der Waals surface area contributed by atoms with Crippen LogP contribution in [-0.2, 0) is 16.1 Å². The van der Waals surface area contributed by atoms with Crippen LogP contribution in [0.4, 0.5) is 0 Å². The molecule has 0 amide bonds. The summed E-state index contributed by atoms with van der Waals surface area (Å²) in [5, 5.41) is 3.17. The van der Waals surface area contributed by atoms with Crippen LogP contribution >= 0.6 is 0 Å². The molecule has 1 atom stereocenters. The van der Waals surface area contributed by atoms with Gasteiger partial charge in [0.25, 0.3) is 0 Å². The van der Waals surface area contributed by atoms with E-state index in [0.717, 1.165) is 5.56 Å². The van der Waals surface area contributed by atoms with E-state index in [2.05, 4.69) is 41.7 Å². The van der Waals surface area contributed by atoms with Gasteiger partial charge >= 0.3 is 5.97 Å². The largest absolute Gasteiger partial charge is 0.465 e. The third-order valence-corrected chi connectivity index (χ3v) is 3.31. The molecule has 3 nitrogen and oxygen atoms in total. The molecule has 0 fully saturated rings. The summed E-state index contributed by atoms with van der Waals surface area (Å²) in [5.41, 5.74) is 3.54. The molecule has 1 N–H and O–H groups in total. The first-order valence-corrected chi connectivity index (χ1v) is 7.25. The van der Waals surface area contributed by atoms with Gasteiger partial charge in [0.15, 0.2) is 0 Å². The van der Waals surface area contributed by atoms with Crippen molar-refractivity contribution in [3.63, 3.8) is 0 Å². The highest BCUT2D eigenvalue weighted by Gasteiger charge is 2.12. The molecular weight excluding hydrogens is 262 g/mol. The van der Waals surface area contributed by atoms with Crippen molar-refractivity contribution in [3.05, 3.63) is 60.2 Å². The number of benzene rings is 2. The third-order valence-electron chi connectivity index (χ3n) is 3.31. The Morgan fingerprint density at radius 3 is 2.29 bits per heavy atom. The molecule has 2 aromatic rings. The van der Waals surface area contributed by atoms with E-state index in [0.29, 0.717) is 13.2 Å². The minimum Gasteiger partial charge on any atom is -0.465 e. The van der Waals surface area contributed by atoms with Gasteiger partial charge in [0.2, 0.25) is 0 Å². The van der Waals surface area contributed by atoms with Crippen LogP contribution in [0.2, 0.25) is 0 Å². The molecule has 2 rings (SSSR count). The van der Waals surface area contributed by atoms with Crippen LogP contribution < -0.4 is 5.32 Å². The van der Waals surface area contributed by atoms with E-state index >= 15 is 0 Å². The van der Waals surface area contributed by atoms with Crippen LogP contribution in [0.15, 0.2) is 54.6 Å². The van der Waals surface area contributed by atoms with Crippen LogP contribution in [0.1, 0.15) is 19.4 Å². The van der Waals surface area contributed by atoms with Gasteiger partial charge in [0.1, 0.15) is 6.04 Å². The molecule has 0 saturated carbocycles. The summed E-state index contributed by atoms with van der Waals surface area (Å²) < 4.78 is 4.97. The van der Waals surface area contributed by atoms with Crippen LogP contribution in [0.3, 0.4) is 0 Å². The van der Waals surface area contributed by atoms with E-state index in [-0.39, 0.29) is 12.0 Å². The number of nitrogens with one attached hydrogen (secondary N) is 1. The molecule has 0 spiro atoms. The summed E-state index contributed by atoms with van der Waals surface area (Å²) in [5.74, 6) is -0.210. The van der Waals surface area contributed by atoms with Crippen molar-refractivity contribution in [2.24, 2.45) is 0 Å². The Balaban J connectivity index is 1.93. The number of carbonyl (C=O) groups is 1. The molecule has 0 aliphatic carbocycles. The Hall–Kier alpha value is -2.13. The predicted octanol–water partition coefficient (Wildman–Crippen LogP) is 3.39. The predicted molar refractivity (Wildman–Crippen MR) is 84.8 cm³/mol. The van der Waals surface area contributed by atoms with Gasteiger partial charge in [-0.05, 0) is 30.5 Å². The van der Waals surface area contributed by atoms with Crippen molar-refractivity contribution in [1.29, 1.82) is 0 Å². The quantitative estimate of drug-likeness (QED) is 0.826. The zero-order valence-electron chi connectivity index (χ0n) is 12.5. The van der Waals surface area contributed by atoms with E-state index < -0.39 is 0 Å². The molecule has 0 radical (unpaired) electrons. The molecule has 0 aliphatic heterocycles. The number of hydrogen-bond acceptors (Lipinski definition) is 3. The second-order valence-electron chi connectivity index (χ2n) is 4.92. The van der Waals surface area contributed by atoms with Crippen LogP contribution in [-0.4, -0.2) is 18.6 Å². The molecule has 2 aromatic carbocycles. The monoisotopic (exact) mass is 283 g/mol. The number of esters is 1. The molecule has 0 heterocycles. The maximum atomic E-state index is 11.5. The van der Waals surface area contributed by atoms with E-state index in [9.17, 15) is 4.79 Å². The van der Waals surface area contributed by atoms with E-state index in [1.165, 1.54) is 11.1 Å². The highest BCUT2D eigenvalue weighted by molar-refractivity contribution is 5.75. The van der Waals surface area contributed by atoms with Crippen molar-refractivity contribution in [2.45, 2.75) is 26.4 Å². The summed E-state index contributed by atoms with van der Waals surface area (Å²) in [6.45, 7) is 4.69. The number of carbonyl (C=O) groups excluding carboxylic acids is 1. The Morgan fingerprint density at radius 2 is 1.67 bits per heavy atom. The molecule has 0 saturated heterocycles. The molecule has 0 aromatic heterocycles. The van der Waals surface area contributed by atoms with Gasteiger partial charge in [-0.15, -0.1) is 0 Å². The molecule has 110 valence electrons. The lowest BCUT2D eigenvalue weighted by Crippen LogP contribution is -2.34. The maximum absolute atomic E-state index is 11.5. The Kier molecular flexibility index (Phi) is 5.52. The normalized spacial score (nSPS) is 11.9. The van der Waals surface area contributed by atoms with Gasteiger partial charge in [-0.25, -0.2) is 0 Å². The van der Waals surface area contributed by atoms with E-state index in [4.69, 9.17) is 4.74 Å². The molecular formula is C18H21NO2. The Labute approximate surface area is 126 Å². The fraction of sp³-hybridized carbons (Fsp3) is 0.278. The van der Waals surface area contributed by atoms with Crippen molar-refractivity contribution >= 4 is 5.97 Å². The standard InChI is InChI=1S/C18H21NO2/c1-3-21-18(20)14(2)19-13-15-9-11-17(12-10-15)16-7-5-4-6-8-16/h4-12,14,19H,3,13H2,1-2H3. The third kappa shape index (κ3) is 4.43. The van der Waals surface area contributed by atoms with E-state index in [1.807, 2.05) is 32.0 Å². The van der Waals surface area contributed by atoms with Crippen molar-refractivity contribution in [2.75, 3.05) is 6.61 Å². The van der Waals surface area contributed by atoms with E-state index in [1.54, 1.807) is 0 Å². The first-order chi connectivity index (χ1) is 10.2. The Morgan fingerprint density at radius 1 is 1.05 bits per heavy atom. The summed E-state index contributed by atoms with van der Waals surface area (Å²) in [7, 11) is 0. The maximum Gasteiger partial charge on any atom is 0.322 e. The van der Waals surface area contributed by atoms with Gasteiger partial charge in [-0.1, -0.05) is 54.6 Å². The Bertz CT molecular complexity index is 564. The topological polar surface area (TPSA) is 38.3 Å². The first-order valence-electron chi connectivity index (χ1n) is 7.25. The summed E-state index contributed by atoms with van der Waals surface area (Å²) in [4.78, 5) is 11.5. The zero-order valence-corrected chi connectivity index (χ0v) is 12.5. The second-order valence-corrected chi connectivity index (χ2v) is 4.92. The van der Waals surface area contributed by atoms with Crippen molar-refractivity contribution in [1.82, 2.24) is 5.32 Å². The fourth-order valence-corrected chi connectivity index (χ4v) is 2.07. The van der Waals surface area contributed by atoms with Crippen molar-refractivity contribution < 1.29 is 9.53 Å². The lowest BCUT2D eigenvalue weighted by molar-refractivity contribution is -0.145. The summed E-state index contributed by atoms with van der Waals surface area (Å²) in [6, 6.07) is 18.3. The summed E-state index contributed by atoms with van der Waals surface area (Å²) >= 11 is 0. The smallest absolute Gasteiger partial charge is 0.322 e. The van der Waals surface area contributed by atoms with Gasteiger partial charge in [0.05, 0.1) is 6.61 Å². The second kappa shape index (κ2) is 7.60. The lowest BCUT2D eigenvalue weighted by Gasteiger charge is -2.12. The van der Waals surface area contributed by atoms with Crippen LogP contribution in [0, 0.1) is 0 Å².